The molecule has 0 atom stereocenters. The monoisotopic (exact) mass is 248 g/mol. The summed E-state index contributed by atoms with van der Waals surface area (Å²) in [6.07, 6.45) is 3.89. The first kappa shape index (κ1) is 15.0. The van der Waals surface area contributed by atoms with Crippen LogP contribution in [0.3, 0.4) is 0 Å². The van der Waals surface area contributed by atoms with Crippen molar-refractivity contribution in [2.75, 3.05) is 12.3 Å². The van der Waals surface area contributed by atoms with Crippen LogP contribution in [0.2, 0.25) is 0 Å². The van der Waals surface area contributed by atoms with Crippen LogP contribution < -0.4 is 5.73 Å². The van der Waals surface area contributed by atoms with E-state index in [-0.39, 0.29) is 0 Å². The number of nitrogens with zero attached hydrogens (tertiary/aromatic N) is 1. The van der Waals surface area contributed by atoms with E-state index in [1.807, 2.05) is 0 Å². The number of hydrogen-bond donors (Lipinski definition) is 1. The van der Waals surface area contributed by atoms with E-state index < -0.39 is 0 Å². The second-order valence-corrected chi connectivity index (χ2v) is 5.46. The molecule has 0 aliphatic rings. The van der Waals surface area contributed by atoms with Gasteiger partial charge in [0.05, 0.1) is 0 Å². The Bertz CT molecular complexity index is 358. The fourth-order valence-corrected chi connectivity index (χ4v) is 2.11. The molecule has 0 aromatic heterocycles. The molecule has 0 aliphatic carbocycles. The minimum Gasteiger partial charge on any atom is -0.399 e. The Labute approximate surface area is 112 Å². The average molecular weight is 248 g/mol. The summed E-state index contributed by atoms with van der Waals surface area (Å²) in [6.45, 7) is 11.0. The lowest BCUT2D eigenvalue weighted by Crippen LogP contribution is -2.31. The van der Waals surface area contributed by atoms with Gasteiger partial charge in [-0.1, -0.05) is 31.9 Å². The number of aryl methyl sites for hydroxylation is 1. The molecule has 0 unspecified atom stereocenters. The van der Waals surface area contributed by atoms with Crippen LogP contribution in [-0.2, 0) is 6.54 Å². The predicted molar refractivity (Wildman–Crippen MR) is 80.7 cm³/mol. The number of hydrogen-bond acceptors (Lipinski definition) is 2. The maximum Gasteiger partial charge on any atom is 0.0346 e. The predicted octanol–water partition coefficient (Wildman–Crippen LogP) is 3.98. The highest BCUT2D eigenvalue weighted by Gasteiger charge is 2.10. The van der Waals surface area contributed by atoms with Gasteiger partial charge in [0, 0.05) is 18.3 Å². The normalized spacial score (nSPS) is 11.4. The van der Waals surface area contributed by atoms with E-state index in [1.54, 1.807) is 0 Å². The summed E-state index contributed by atoms with van der Waals surface area (Å²) in [4.78, 5) is 2.53. The zero-order valence-corrected chi connectivity index (χ0v) is 12.4. The molecule has 0 heterocycles. The van der Waals surface area contributed by atoms with Crippen molar-refractivity contribution < 1.29 is 0 Å². The smallest absolute Gasteiger partial charge is 0.0346 e. The number of nitrogen functional groups attached to an aromatic ring is 1. The molecule has 0 spiro atoms. The van der Waals surface area contributed by atoms with Crippen molar-refractivity contribution in [3.63, 3.8) is 0 Å². The third-order valence-electron chi connectivity index (χ3n) is 3.51. The van der Waals surface area contributed by atoms with Gasteiger partial charge in [0.1, 0.15) is 0 Å². The maximum atomic E-state index is 5.98. The quantitative estimate of drug-likeness (QED) is 0.584. The Morgan fingerprint density at radius 3 is 2.50 bits per heavy atom. The van der Waals surface area contributed by atoms with E-state index in [9.17, 15) is 0 Å². The number of anilines is 1. The van der Waals surface area contributed by atoms with E-state index in [4.69, 9.17) is 5.73 Å². The Balaban J connectivity index is 2.61. The molecule has 0 bridgehead atoms. The van der Waals surface area contributed by atoms with E-state index in [0.717, 1.165) is 12.2 Å². The van der Waals surface area contributed by atoms with E-state index in [2.05, 4.69) is 50.8 Å². The molecular weight excluding hydrogens is 220 g/mol. The molecule has 0 radical (unpaired) electrons. The maximum absolute atomic E-state index is 5.98. The lowest BCUT2D eigenvalue weighted by molar-refractivity contribution is 0.208. The van der Waals surface area contributed by atoms with Crippen LogP contribution in [0.4, 0.5) is 5.69 Å². The lowest BCUT2D eigenvalue weighted by atomic mass is 10.1. The van der Waals surface area contributed by atoms with Crippen molar-refractivity contribution in [2.45, 2.75) is 59.5 Å². The third-order valence-corrected chi connectivity index (χ3v) is 3.51. The van der Waals surface area contributed by atoms with Crippen molar-refractivity contribution in [3.05, 3.63) is 29.3 Å². The van der Waals surface area contributed by atoms with Gasteiger partial charge in [-0.15, -0.1) is 0 Å². The summed E-state index contributed by atoms with van der Waals surface area (Å²) >= 11 is 0. The third kappa shape index (κ3) is 4.69. The molecule has 0 aliphatic heterocycles. The first-order chi connectivity index (χ1) is 8.54. The topological polar surface area (TPSA) is 29.3 Å². The first-order valence-corrected chi connectivity index (χ1v) is 7.13. The summed E-state index contributed by atoms with van der Waals surface area (Å²) in [6, 6.07) is 7.02. The highest BCUT2D eigenvalue weighted by molar-refractivity contribution is 5.48. The lowest BCUT2D eigenvalue weighted by Gasteiger charge is -2.26. The summed E-state index contributed by atoms with van der Waals surface area (Å²) in [5, 5.41) is 0. The van der Waals surface area contributed by atoms with Gasteiger partial charge in [-0.2, -0.15) is 0 Å². The average Bonchev–Trinajstić information content (AvgIpc) is 2.32. The van der Waals surface area contributed by atoms with Crippen molar-refractivity contribution in [3.8, 4) is 0 Å². The van der Waals surface area contributed by atoms with Crippen molar-refractivity contribution >= 4 is 5.69 Å². The van der Waals surface area contributed by atoms with Crippen LogP contribution in [0.1, 0.15) is 51.2 Å². The standard InChI is InChI=1S/C16H28N2/c1-5-6-7-10-18(13(2)3)12-15-9-8-14(4)16(17)11-15/h8-9,11,13H,5-7,10,12,17H2,1-4H3. The molecule has 0 saturated carbocycles. The second-order valence-electron chi connectivity index (χ2n) is 5.46. The Morgan fingerprint density at radius 1 is 1.22 bits per heavy atom. The van der Waals surface area contributed by atoms with E-state index in [1.165, 1.54) is 36.9 Å². The van der Waals surface area contributed by atoms with Gasteiger partial charge in [0.15, 0.2) is 0 Å². The summed E-state index contributed by atoms with van der Waals surface area (Å²) in [7, 11) is 0. The molecule has 0 saturated heterocycles. The molecule has 2 N–H and O–H groups in total. The van der Waals surface area contributed by atoms with Gasteiger partial charge >= 0.3 is 0 Å². The first-order valence-electron chi connectivity index (χ1n) is 7.13. The Hall–Kier alpha value is -1.02. The van der Waals surface area contributed by atoms with Crippen LogP contribution in [-0.4, -0.2) is 17.5 Å². The zero-order valence-electron chi connectivity index (χ0n) is 12.4. The van der Waals surface area contributed by atoms with E-state index >= 15 is 0 Å². The van der Waals surface area contributed by atoms with Crippen LogP contribution in [0.25, 0.3) is 0 Å². The number of rotatable bonds is 7. The molecule has 102 valence electrons. The van der Waals surface area contributed by atoms with Crippen LogP contribution in [0.5, 0.6) is 0 Å². The summed E-state index contributed by atoms with van der Waals surface area (Å²) in [5.74, 6) is 0. The SMILES string of the molecule is CCCCCN(Cc1ccc(C)c(N)c1)C(C)C. The van der Waals surface area contributed by atoms with Gasteiger partial charge in [0.2, 0.25) is 0 Å². The van der Waals surface area contributed by atoms with Gasteiger partial charge in [-0.05, 0) is 50.9 Å². The van der Waals surface area contributed by atoms with Gasteiger partial charge in [0.25, 0.3) is 0 Å². The van der Waals surface area contributed by atoms with Crippen LogP contribution in [0.15, 0.2) is 18.2 Å². The number of unbranched alkanes of at least 4 members (excludes halogenated alkanes) is 2. The fourth-order valence-electron chi connectivity index (χ4n) is 2.11. The largest absolute Gasteiger partial charge is 0.399 e. The molecule has 2 heteroatoms. The highest BCUT2D eigenvalue weighted by Crippen LogP contribution is 2.16. The molecule has 18 heavy (non-hydrogen) atoms. The zero-order chi connectivity index (χ0) is 13.5. The molecule has 0 fully saturated rings. The molecule has 0 amide bonds. The molecule has 2 nitrogen and oxygen atoms in total. The van der Waals surface area contributed by atoms with Crippen LogP contribution in [0, 0.1) is 6.92 Å². The Kier molecular flexibility index (Phi) is 6.20. The number of nitrogens with two attached hydrogens (primary N) is 1. The fraction of sp³-hybridized carbons (Fsp3) is 0.625. The highest BCUT2D eigenvalue weighted by atomic mass is 15.1. The Morgan fingerprint density at radius 2 is 1.94 bits per heavy atom. The van der Waals surface area contributed by atoms with Crippen molar-refractivity contribution in [1.29, 1.82) is 0 Å². The molecule has 1 aromatic carbocycles. The molecular formula is C16H28N2. The summed E-state index contributed by atoms with van der Waals surface area (Å²) in [5.41, 5.74) is 9.37. The minimum atomic E-state index is 0.587. The van der Waals surface area contributed by atoms with Gasteiger partial charge in [-0.3, -0.25) is 4.90 Å². The minimum absolute atomic E-state index is 0.587. The second kappa shape index (κ2) is 7.42. The number of benzene rings is 1. The van der Waals surface area contributed by atoms with Crippen molar-refractivity contribution in [2.24, 2.45) is 0 Å². The summed E-state index contributed by atoms with van der Waals surface area (Å²) < 4.78 is 0. The van der Waals surface area contributed by atoms with Gasteiger partial charge in [-0.25, -0.2) is 0 Å². The van der Waals surface area contributed by atoms with Gasteiger partial charge < -0.3 is 5.73 Å². The van der Waals surface area contributed by atoms with Crippen molar-refractivity contribution in [1.82, 2.24) is 4.90 Å². The molecule has 1 aromatic rings. The van der Waals surface area contributed by atoms with E-state index in [0.29, 0.717) is 6.04 Å². The van der Waals surface area contributed by atoms with Crippen LogP contribution >= 0.6 is 0 Å². The molecule has 1 rings (SSSR count).